The van der Waals surface area contributed by atoms with E-state index < -0.39 is 146 Å². The predicted octanol–water partition coefficient (Wildman–Crippen LogP) is 5.67. The maximum absolute atomic E-state index is 14.6. The van der Waals surface area contributed by atoms with Crippen molar-refractivity contribution in [3.8, 4) is 0 Å². The van der Waals surface area contributed by atoms with Crippen molar-refractivity contribution in [3.63, 3.8) is 0 Å². The third-order valence-electron chi connectivity index (χ3n) is 14.7. The molecule has 4 aliphatic rings. The SMILES string of the molecule is COC(=O)[C@H]1O[C@@H](O[C@@H]2[C@@H](NC(C)=O)[C@H](O[C@H]3[C@H](OC(=O)c4ccccc4)[C@@H](OC(=O)c4ccccc4)[C@H](OC)O[C@@H]3C(=O)OC)O[C@@H]3COC(c4ccccc4)O[C@H]23)[C@H](OC(=O)c2ccccc2)[C@@H](OC(=O)c2ccccc2)[C@@H]1OC(=O)c1ccccc1. The molecule has 0 aliphatic carbocycles. The normalized spacial score (nSPS) is 28.0. The number of esters is 7. The predicted molar refractivity (Wildman–Crippen MR) is 303 cm³/mol. The summed E-state index contributed by atoms with van der Waals surface area (Å²) in [5.41, 5.74) is 0.540. The van der Waals surface area contributed by atoms with E-state index in [4.69, 9.17) is 71.1 Å². The number of rotatable bonds is 19. The number of hydrogen-bond acceptors (Lipinski definition) is 23. The van der Waals surface area contributed by atoms with Crippen molar-refractivity contribution in [3.05, 3.63) is 215 Å². The molecule has 4 saturated heterocycles. The Hall–Kier alpha value is -9.24. The molecule has 24 nitrogen and oxygen atoms in total. The first-order valence-corrected chi connectivity index (χ1v) is 28.1. The molecule has 0 saturated carbocycles. The Labute approximate surface area is 509 Å². The van der Waals surface area contributed by atoms with E-state index in [1.165, 1.54) is 67.8 Å². The summed E-state index contributed by atoms with van der Waals surface area (Å²) in [6.45, 7) is 0.816. The third-order valence-corrected chi connectivity index (χ3v) is 14.7. The number of methoxy groups -OCH3 is 3. The number of benzene rings is 6. The molecule has 24 heteroatoms. The van der Waals surface area contributed by atoms with Gasteiger partial charge in [0.05, 0.1) is 48.6 Å². The highest BCUT2D eigenvalue weighted by atomic mass is 16.8. The molecule has 0 aromatic heterocycles. The second-order valence-corrected chi connectivity index (χ2v) is 20.5. The van der Waals surface area contributed by atoms with Crippen molar-refractivity contribution in [1.29, 1.82) is 0 Å². The number of amides is 1. The van der Waals surface area contributed by atoms with Crippen LogP contribution in [0.4, 0.5) is 0 Å². The van der Waals surface area contributed by atoms with Crippen LogP contribution in [0.2, 0.25) is 0 Å². The van der Waals surface area contributed by atoms with Gasteiger partial charge in [0.2, 0.25) is 5.91 Å². The van der Waals surface area contributed by atoms with Crippen molar-refractivity contribution in [2.75, 3.05) is 27.9 Å². The van der Waals surface area contributed by atoms with E-state index >= 15 is 0 Å². The summed E-state index contributed by atoms with van der Waals surface area (Å²) < 4.78 is 93.5. The van der Waals surface area contributed by atoms with Gasteiger partial charge < -0.3 is 76.4 Å². The monoisotopic (exact) mass is 1220 g/mol. The summed E-state index contributed by atoms with van der Waals surface area (Å²) in [4.78, 5) is 114. The van der Waals surface area contributed by atoms with E-state index in [0.717, 1.165) is 21.1 Å². The smallest absolute Gasteiger partial charge is 0.339 e. The molecule has 1 amide bonds. The maximum Gasteiger partial charge on any atom is 0.339 e. The zero-order chi connectivity index (χ0) is 62.6. The Morgan fingerprint density at radius 2 is 0.753 bits per heavy atom. The van der Waals surface area contributed by atoms with Crippen LogP contribution in [0.15, 0.2) is 182 Å². The molecule has 10 rings (SSSR count). The van der Waals surface area contributed by atoms with Crippen molar-refractivity contribution in [2.45, 2.75) is 105 Å². The molecule has 6 aromatic rings. The number of carbonyl (C=O) groups is 8. The lowest BCUT2D eigenvalue weighted by Gasteiger charge is -2.52. The van der Waals surface area contributed by atoms with Gasteiger partial charge in [0, 0.05) is 19.6 Å². The summed E-state index contributed by atoms with van der Waals surface area (Å²) in [6.07, 6.45) is -26.8. The van der Waals surface area contributed by atoms with Gasteiger partial charge in [-0.2, -0.15) is 0 Å². The van der Waals surface area contributed by atoms with Crippen LogP contribution in [-0.2, 0) is 85.4 Å². The summed E-state index contributed by atoms with van der Waals surface area (Å²) in [6, 6.07) is 45.3. The van der Waals surface area contributed by atoms with Crippen LogP contribution in [-0.4, -0.2) is 168 Å². The largest absolute Gasteiger partial charge is 0.467 e. The molecular weight excluding hydrogens is 1160 g/mol. The van der Waals surface area contributed by atoms with Crippen LogP contribution in [0, 0.1) is 0 Å². The van der Waals surface area contributed by atoms with E-state index in [1.807, 2.05) is 0 Å². The van der Waals surface area contributed by atoms with Gasteiger partial charge in [0.1, 0.15) is 30.5 Å². The maximum atomic E-state index is 14.6. The first-order valence-electron chi connectivity index (χ1n) is 28.1. The van der Waals surface area contributed by atoms with Crippen LogP contribution < -0.4 is 5.32 Å². The highest BCUT2D eigenvalue weighted by Crippen LogP contribution is 2.41. The molecular formula is C65H61NO23. The van der Waals surface area contributed by atoms with Crippen molar-refractivity contribution >= 4 is 47.7 Å². The zero-order valence-corrected chi connectivity index (χ0v) is 48.2. The van der Waals surface area contributed by atoms with Crippen LogP contribution in [0.3, 0.4) is 0 Å². The molecule has 0 radical (unpaired) electrons. The van der Waals surface area contributed by atoms with Gasteiger partial charge in [-0.25, -0.2) is 33.6 Å². The van der Waals surface area contributed by atoms with Crippen LogP contribution in [0.5, 0.6) is 0 Å². The van der Waals surface area contributed by atoms with Gasteiger partial charge in [-0.15, -0.1) is 0 Å². The van der Waals surface area contributed by atoms with Gasteiger partial charge in [0.15, 0.2) is 67.9 Å². The summed E-state index contributed by atoms with van der Waals surface area (Å²) >= 11 is 0. The van der Waals surface area contributed by atoms with Gasteiger partial charge in [-0.1, -0.05) is 121 Å². The molecule has 0 spiro atoms. The molecule has 6 aromatic carbocycles. The topological polar surface area (TPSA) is 287 Å². The van der Waals surface area contributed by atoms with E-state index in [2.05, 4.69) is 5.32 Å². The van der Waals surface area contributed by atoms with Crippen molar-refractivity contribution < 1.29 is 109 Å². The van der Waals surface area contributed by atoms with E-state index in [1.54, 1.807) is 121 Å². The van der Waals surface area contributed by atoms with Gasteiger partial charge >= 0.3 is 41.8 Å². The fourth-order valence-corrected chi connectivity index (χ4v) is 10.5. The lowest BCUT2D eigenvalue weighted by Crippen LogP contribution is -2.72. The quantitative estimate of drug-likeness (QED) is 0.0755. The van der Waals surface area contributed by atoms with Gasteiger partial charge in [-0.3, -0.25) is 4.79 Å². The fraction of sp³-hybridized carbons (Fsp3) is 0.323. The molecule has 464 valence electrons. The van der Waals surface area contributed by atoms with E-state index in [9.17, 15) is 38.4 Å². The molecule has 1 N–H and O–H groups in total. The van der Waals surface area contributed by atoms with E-state index in [-0.39, 0.29) is 34.4 Å². The average Bonchev–Trinajstić information content (AvgIpc) is 1.93. The van der Waals surface area contributed by atoms with Crippen molar-refractivity contribution in [2.24, 2.45) is 0 Å². The Morgan fingerprint density at radius 1 is 0.393 bits per heavy atom. The Morgan fingerprint density at radius 3 is 1.17 bits per heavy atom. The summed E-state index contributed by atoms with van der Waals surface area (Å²) in [5.74, 6) is -8.10. The molecule has 4 heterocycles. The average molecular weight is 1220 g/mol. The van der Waals surface area contributed by atoms with E-state index in [0.29, 0.717) is 5.56 Å². The lowest BCUT2D eigenvalue weighted by molar-refractivity contribution is -0.387. The number of hydrogen-bond donors (Lipinski definition) is 1. The lowest BCUT2D eigenvalue weighted by atomic mass is 9.93. The first kappa shape index (κ1) is 62.8. The first-order chi connectivity index (χ1) is 43.2. The summed E-state index contributed by atoms with van der Waals surface area (Å²) in [7, 11) is 3.26. The molecule has 4 aliphatic heterocycles. The highest BCUT2D eigenvalue weighted by Gasteiger charge is 2.62. The van der Waals surface area contributed by atoms with Crippen molar-refractivity contribution in [1.82, 2.24) is 5.32 Å². The summed E-state index contributed by atoms with van der Waals surface area (Å²) in [5, 5.41) is 2.80. The molecule has 0 bridgehead atoms. The Bertz CT molecular complexity index is 3400. The minimum Gasteiger partial charge on any atom is -0.467 e. The minimum absolute atomic E-state index is 0.00387. The fourth-order valence-electron chi connectivity index (χ4n) is 10.5. The minimum atomic E-state index is -2.13. The third kappa shape index (κ3) is 14.7. The van der Waals surface area contributed by atoms with Gasteiger partial charge in [0.25, 0.3) is 0 Å². The van der Waals surface area contributed by atoms with Crippen LogP contribution in [0.1, 0.15) is 70.6 Å². The molecule has 4 fully saturated rings. The molecule has 89 heavy (non-hydrogen) atoms. The standard InChI is InChI=1S/C65H61NO23/c1-36(67)66-44-46(86-65-54(84-59(72)41-31-19-9-20-32-41)49(81-56(69)38-25-13-6-14-26-38)47(51(89-65)60(73)75-2)80-55(68)37-23-11-5-12-24-37)45-43(35-78-62(85-45)42-33-21-10-22-34-42)79-63(44)87-48-50(82-57(70)39-27-15-7-16-28-39)53(64(77-4)88-52(48)61(74)76-3)83-58(71)40-29-17-8-18-30-40/h5-34,43-54,62-65H,35H2,1-4H3,(H,66,67)/t43-,44-,45+,46-,47+,48+,49+,50+,51+,52+,53-,54-,62?,63+,64-,65-/m1/s1. The van der Waals surface area contributed by atoms with Gasteiger partial charge in [-0.05, 0) is 60.7 Å². The second-order valence-electron chi connectivity index (χ2n) is 20.5. The van der Waals surface area contributed by atoms with Crippen LogP contribution >= 0.6 is 0 Å². The Kier molecular flexibility index (Phi) is 20.6. The molecule has 16 atom stereocenters. The number of ether oxygens (including phenoxy) is 15. The number of nitrogens with one attached hydrogen (secondary N) is 1. The van der Waals surface area contributed by atoms with Crippen LogP contribution in [0.25, 0.3) is 0 Å². The zero-order valence-electron chi connectivity index (χ0n) is 48.2. The number of fused-ring (bicyclic) bond motifs is 1. The molecule has 1 unspecified atom stereocenters. The number of carbonyl (C=O) groups excluding carboxylic acids is 8. The second kappa shape index (κ2) is 29.2. The highest BCUT2D eigenvalue weighted by molar-refractivity contribution is 5.92. The Balaban J connectivity index is 1.11.